The molecule has 6 rings (SSSR count). The number of fused-ring (bicyclic) bond motifs is 1. The van der Waals surface area contributed by atoms with Crippen LogP contribution in [-0.4, -0.2) is 51.3 Å². The molecule has 192 valence electrons. The number of carbonyl (C=O) groups excluding carboxylic acids is 1. The van der Waals surface area contributed by atoms with Crippen LogP contribution in [0.1, 0.15) is 35.6 Å². The van der Waals surface area contributed by atoms with Crippen LogP contribution in [0.3, 0.4) is 0 Å². The molecule has 0 spiro atoms. The number of nitrogens with zero attached hydrogens (tertiary/aromatic N) is 5. The summed E-state index contributed by atoms with van der Waals surface area (Å²) < 4.78 is 1.75. The van der Waals surface area contributed by atoms with Gasteiger partial charge in [-0.15, -0.1) is 0 Å². The van der Waals surface area contributed by atoms with Crippen molar-refractivity contribution in [2.45, 2.75) is 31.7 Å². The SMILES string of the molecule is [B]c1cnn2c(NCc3cccnc3)cc(C3CCN(C(=O)Cc4ccc(-c5ccccc5)cc4)CC3)nc12. The molecule has 1 amide bonds. The third-order valence-corrected chi connectivity index (χ3v) is 7.40. The Labute approximate surface area is 229 Å². The number of nitrogens with one attached hydrogen (secondary N) is 1. The molecule has 5 aromatic rings. The van der Waals surface area contributed by atoms with Crippen molar-refractivity contribution in [2.24, 2.45) is 0 Å². The molecule has 0 unspecified atom stereocenters. The lowest BCUT2D eigenvalue weighted by Gasteiger charge is -2.32. The van der Waals surface area contributed by atoms with E-state index in [4.69, 9.17) is 12.8 Å². The summed E-state index contributed by atoms with van der Waals surface area (Å²) in [5.74, 6) is 1.26. The zero-order valence-corrected chi connectivity index (χ0v) is 21.7. The van der Waals surface area contributed by atoms with Crippen LogP contribution in [0, 0.1) is 0 Å². The van der Waals surface area contributed by atoms with Gasteiger partial charge >= 0.3 is 0 Å². The third-order valence-electron chi connectivity index (χ3n) is 7.40. The topological polar surface area (TPSA) is 75.4 Å². The molecular weight excluding hydrogens is 483 g/mol. The normalized spacial score (nSPS) is 14.0. The zero-order valence-electron chi connectivity index (χ0n) is 21.7. The van der Waals surface area contributed by atoms with E-state index in [-0.39, 0.29) is 11.8 Å². The lowest BCUT2D eigenvalue weighted by atomic mass is 9.92. The average molecular weight is 512 g/mol. The first kappa shape index (κ1) is 24.9. The molecule has 1 aliphatic heterocycles. The summed E-state index contributed by atoms with van der Waals surface area (Å²) in [5.41, 5.74) is 6.63. The lowest BCUT2D eigenvalue weighted by Crippen LogP contribution is -2.39. The van der Waals surface area contributed by atoms with Crippen LogP contribution in [0.4, 0.5) is 5.82 Å². The van der Waals surface area contributed by atoms with Crippen molar-refractivity contribution in [3.05, 3.63) is 108 Å². The van der Waals surface area contributed by atoms with Crippen LogP contribution in [0.15, 0.2) is 91.4 Å². The van der Waals surface area contributed by atoms with E-state index in [1.165, 1.54) is 5.56 Å². The van der Waals surface area contributed by atoms with Crippen LogP contribution >= 0.6 is 0 Å². The van der Waals surface area contributed by atoms with Crippen molar-refractivity contribution < 1.29 is 4.79 Å². The van der Waals surface area contributed by atoms with Crippen LogP contribution in [0.5, 0.6) is 0 Å². The minimum atomic E-state index is 0.170. The van der Waals surface area contributed by atoms with Crippen molar-refractivity contribution in [1.29, 1.82) is 0 Å². The van der Waals surface area contributed by atoms with E-state index in [0.29, 0.717) is 37.2 Å². The van der Waals surface area contributed by atoms with Gasteiger partial charge in [0.2, 0.25) is 5.91 Å². The maximum atomic E-state index is 13.1. The summed E-state index contributed by atoms with van der Waals surface area (Å²) >= 11 is 0. The summed E-state index contributed by atoms with van der Waals surface area (Å²) in [5, 5.41) is 7.88. The van der Waals surface area contributed by atoms with Gasteiger partial charge in [-0.3, -0.25) is 9.78 Å². The first-order chi connectivity index (χ1) is 19.1. The van der Waals surface area contributed by atoms with E-state index in [9.17, 15) is 4.79 Å². The van der Waals surface area contributed by atoms with Crippen molar-refractivity contribution in [3.8, 4) is 11.1 Å². The zero-order chi connectivity index (χ0) is 26.6. The van der Waals surface area contributed by atoms with Gasteiger partial charge in [-0.05, 0) is 46.6 Å². The molecule has 1 fully saturated rings. The molecule has 1 saturated heterocycles. The fraction of sp³-hybridized carbons (Fsp3) is 0.226. The van der Waals surface area contributed by atoms with Gasteiger partial charge in [0, 0.05) is 55.9 Å². The molecule has 1 N–H and O–H groups in total. The molecule has 0 atom stereocenters. The van der Waals surface area contributed by atoms with Gasteiger partial charge in [0.15, 0.2) is 0 Å². The fourth-order valence-electron chi connectivity index (χ4n) is 5.19. The second-order valence-electron chi connectivity index (χ2n) is 10.0. The first-order valence-electron chi connectivity index (χ1n) is 13.3. The van der Waals surface area contributed by atoms with E-state index < -0.39 is 0 Å². The van der Waals surface area contributed by atoms with Gasteiger partial charge in [-0.25, -0.2) is 4.98 Å². The molecule has 2 aromatic carbocycles. The molecule has 7 nitrogen and oxygen atoms in total. The first-order valence-corrected chi connectivity index (χ1v) is 13.3. The average Bonchev–Trinajstić information content (AvgIpc) is 3.38. The Balaban J connectivity index is 1.10. The van der Waals surface area contributed by atoms with Gasteiger partial charge in [0.05, 0.1) is 6.42 Å². The highest BCUT2D eigenvalue weighted by Gasteiger charge is 2.26. The molecule has 0 aliphatic carbocycles. The largest absolute Gasteiger partial charge is 0.366 e. The number of hydrogen-bond donors (Lipinski definition) is 1. The van der Waals surface area contributed by atoms with Crippen molar-refractivity contribution in [1.82, 2.24) is 24.5 Å². The van der Waals surface area contributed by atoms with Gasteiger partial charge < -0.3 is 10.2 Å². The third kappa shape index (κ3) is 5.55. The Morgan fingerprint density at radius 2 is 1.69 bits per heavy atom. The number of benzene rings is 2. The second kappa shape index (κ2) is 11.1. The van der Waals surface area contributed by atoms with Crippen molar-refractivity contribution >= 4 is 30.7 Å². The minimum Gasteiger partial charge on any atom is -0.366 e. The number of likely N-dealkylation sites (tertiary alicyclic amines) is 1. The molecular formula is C31H29BN6O. The van der Waals surface area contributed by atoms with Gasteiger partial charge in [-0.2, -0.15) is 9.61 Å². The van der Waals surface area contributed by atoms with Gasteiger partial charge in [0.1, 0.15) is 19.3 Å². The fourth-order valence-corrected chi connectivity index (χ4v) is 5.19. The van der Waals surface area contributed by atoms with Crippen molar-refractivity contribution in [3.63, 3.8) is 0 Å². The number of hydrogen-bond acceptors (Lipinski definition) is 5. The summed E-state index contributed by atoms with van der Waals surface area (Å²) in [7, 11) is 6.19. The predicted octanol–water partition coefficient (Wildman–Crippen LogP) is 4.15. The summed E-state index contributed by atoms with van der Waals surface area (Å²) in [6.07, 6.45) is 7.37. The Bertz CT molecular complexity index is 1560. The predicted molar refractivity (Wildman–Crippen MR) is 154 cm³/mol. The molecule has 3 aromatic heterocycles. The standard InChI is InChI=1S/C31H29BN6O/c32-27-21-35-38-29(34-20-23-5-4-14-33-19-23)18-28(36-31(27)38)26-12-15-37(16-13-26)30(39)17-22-8-10-25(11-9-22)24-6-2-1-3-7-24/h1-11,14,18-19,21,26,34H,12-13,15-17,20H2. The molecule has 4 heterocycles. The lowest BCUT2D eigenvalue weighted by molar-refractivity contribution is -0.131. The highest BCUT2D eigenvalue weighted by molar-refractivity contribution is 6.36. The maximum Gasteiger partial charge on any atom is 0.226 e. The van der Waals surface area contributed by atoms with Crippen molar-refractivity contribution in [2.75, 3.05) is 18.4 Å². The Kier molecular flexibility index (Phi) is 7.08. The molecule has 1 aliphatic rings. The number of pyridine rings is 1. The van der Waals surface area contributed by atoms with Crippen LogP contribution in [0.2, 0.25) is 0 Å². The number of aromatic nitrogens is 4. The number of piperidine rings is 1. The quantitative estimate of drug-likeness (QED) is 0.332. The summed E-state index contributed by atoms with van der Waals surface area (Å²) in [4.78, 5) is 24.1. The van der Waals surface area contributed by atoms with E-state index in [1.54, 1.807) is 16.9 Å². The summed E-state index contributed by atoms with van der Waals surface area (Å²) in [6.45, 7) is 2.04. The van der Waals surface area contributed by atoms with Crippen LogP contribution in [0.25, 0.3) is 16.8 Å². The number of rotatable bonds is 7. The Morgan fingerprint density at radius 3 is 2.44 bits per heavy atom. The molecule has 0 bridgehead atoms. The van der Waals surface area contributed by atoms with Crippen LogP contribution in [-0.2, 0) is 17.8 Å². The number of anilines is 1. The summed E-state index contributed by atoms with van der Waals surface area (Å²) in [6, 6.07) is 24.6. The molecule has 0 saturated carbocycles. The monoisotopic (exact) mass is 512 g/mol. The van der Waals surface area contributed by atoms with Gasteiger partial charge in [0.25, 0.3) is 0 Å². The smallest absolute Gasteiger partial charge is 0.226 e. The van der Waals surface area contributed by atoms with Crippen LogP contribution < -0.4 is 10.8 Å². The Morgan fingerprint density at radius 1 is 0.923 bits per heavy atom. The molecule has 8 heteroatoms. The Hall–Kier alpha value is -4.46. The van der Waals surface area contributed by atoms with E-state index in [0.717, 1.165) is 41.0 Å². The van der Waals surface area contributed by atoms with E-state index >= 15 is 0 Å². The minimum absolute atomic E-state index is 0.170. The highest BCUT2D eigenvalue weighted by Crippen LogP contribution is 2.29. The molecule has 39 heavy (non-hydrogen) atoms. The van der Waals surface area contributed by atoms with Gasteiger partial charge in [-0.1, -0.05) is 60.7 Å². The maximum absolute atomic E-state index is 13.1. The number of carbonyl (C=O) groups is 1. The second-order valence-corrected chi connectivity index (χ2v) is 10.0. The highest BCUT2D eigenvalue weighted by atomic mass is 16.2. The van der Waals surface area contributed by atoms with E-state index in [2.05, 4.69) is 57.9 Å². The molecule has 2 radical (unpaired) electrons. The number of amides is 1. The van der Waals surface area contributed by atoms with E-state index in [1.807, 2.05) is 41.4 Å².